The standard InChI is InChI=1S/C9H7N2O/c12-11-7-3-5-8-4-1-2-6-9(8)10-11/h1-7H/q-1. The third-order valence-electron chi connectivity index (χ3n) is 1.63. The van der Waals surface area contributed by atoms with Gasteiger partial charge in [0.05, 0.1) is 5.36 Å². The Morgan fingerprint density at radius 1 is 1.25 bits per heavy atom. The molecule has 1 aromatic carbocycles. The Morgan fingerprint density at radius 3 is 3.00 bits per heavy atom. The first-order valence-electron chi connectivity index (χ1n) is 3.65. The van der Waals surface area contributed by atoms with E-state index in [-0.39, 0.29) is 0 Å². The molecule has 0 amide bonds. The van der Waals surface area contributed by atoms with Gasteiger partial charge in [-0.25, -0.2) is 0 Å². The summed E-state index contributed by atoms with van der Waals surface area (Å²) in [5, 5.41) is 16.9. The first-order valence-corrected chi connectivity index (χ1v) is 3.65. The van der Waals surface area contributed by atoms with Gasteiger partial charge in [-0.2, -0.15) is 5.10 Å². The second-order valence-electron chi connectivity index (χ2n) is 2.47. The van der Waals surface area contributed by atoms with Crippen molar-refractivity contribution in [2.24, 2.45) is 5.10 Å². The Kier molecular flexibility index (Phi) is 1.64. The Morgan fingerprint density at radius 2 is 2.08 bits per heavy atom. The molecule has 0 radical (unpaired) electrons. The van der Waals surface area contributed by atoms with Crippen LogP contribution in [0.3, 0.4) is 0 Å². The van der Waals surface area contributed by atoms with E-state index < -0.39 is 0 Å². The van der Waals surface area contributed by atoms with Gasteiger partial charge in [0.15, 0.2) is 0 Å². The minimum Gasteiger partial charge on any atom is -0.738 e. The van der Waals surface area contributed by atoms with Gasteiger partial charge in [0.2, 0.25) is 0 Å². The van der Waals surface area contributed by atoms with E-state index in [0.717, 1.165) is 5.22 Å². The van der Waals surface area contributed by atoms with Crippen LogP contribution >= 0.6 is 0 Å². The zero-order chi connectivity index (χ0) is 8.39. The van der Waals surface area contributed by atoms with Crippen LogP contribution in [0.25, 0.3) is 6.08 Å². The van der Waals surface area contributed by atoms with Crippen LogP contribution in [0.2, 0.25) is 0 Å². The molecule has 0 saturated heterocycles. The van der Waals surface area contributed by atoms with Crippen molar-refractivity contribution >= 4 is 6.08 Å². The van der Waals surface area contributed by atoms with Gasteiger partial charge in [-0.15, -0.1) is 0 Å². The highest BCUT2D eigenvalue weighted by atomic mass is 16.5. The van der Waals surface area contributed by atoms with Gasteiger partial charge in [0.25, 0.3) is 0 Å². The lowest BCUT2D eigenvalue weighted by Crippen LogP contribution is -2.24. The van der Waals surface area contributed by atoms with Gasteiger partial charge in [-0.05, 0) is 12.1 Å². The average molecular weight is 159 g/mol. The molecule has 0 aromatic heterocycles. The van der Waals surface area contributed by atoms with Crippen molar-refractivity contribution in [2.75, 3.05) is 0 Å². The molecule has 0 spiro atoms. The summed E-state index contributed by atoms with van der Waals surface area (Å²) in [5.41, 5.74) is 0. The van der Waals surface area contributed by atoms with E-state index in [0.29, 0.717) is 10.5 Å². The summed E-state index contributed by atoms with van der Waals surface area (Å²) in [4.78, 5) is 0. The second-order valence-corrected chi connectivity index (χ2v) is 2.47. The molecule has 3 heteroatoms. The first-order chi connectivity index (χ1) is 5.86. The lowest BCUT2D eigenvalue weighted by Gasteiger charge is -2.17. The largest absolute Gasteiger partial charge is 0.738 e. The van der Waals surface area contributed by atoms with E-state index in [1.165, 1.54) is 6.20 Å². The molecule has 1 aliphatic rings. The van der Waals surface area contributed by atoms with Gasteiger partial charge in [-0.1, -0.05) is 24.3 Å². The van der Waals surface area contributed by atoms with E-state index in [1.54, 1.807) is 6.08 Å². The zero-order valence-electron chi connectivity index (χ0n) is 6.34. The first kappa shape index (κ1) is 7.06. The molecule has 0 unspecified atom stereocenters. The van der Waals surface area contributed by atoms with Crippen molar-refractivity contribution in [3.63, 3.8) is 0 Å². The fraction of sp³-hybridized carbons (Fsp3) is 0. The minimum absolute atomic E-state index is 0.558. The maximum Gasteiger partial charge on any atom is 0.0898 e. The van der Waals surface area contributed by atoms with Gasteiger partial charge in [-0.3, -0.25) is 0 Å². The Labute approximate surface area is 69.5 Å². The summed E-state index contributed by atoms with van der Waals surface area (Å²) in [7, 11) is 0. The molecule has 0 saturated carbocycles. The zero-order valence-corrected chi connectivity index (χ0v) is 6.34. The fourth-order valence-corrected chi connectivity index (χ4v) is 1.08. The lowest BCUT2D eigenvalue weighted by molar-refractivity contribution is 0.529. The molecule has 1 aliphatic heterocycles. The smallest absolute Gasteiger partial charge is 0.0898 e. The molecule has 0 fully saturated rings. The Bertz CT molecular complexity index is 422. The highest BCUT2D eigenvalue weighted by Crippen LogP contribution is 1.88. The number of benzene rings is 1. The molecular formula is C9H7N2O-. The van der Waals surface area contributed by atoms with E-state index in [9.17, 15) is 5.21 Å². The van der Waals surface area contributed by atoms with Crippen LogP contribution in [0.5, 0.6) is 0 Å². The number of allylic oxidation sites excluding steroid dienone is 1. The number of rotatable bonds is 0. The topological polar surface area (TPSA) is 38.7 Å². The molecule has 3 nitrogen and oxygen atoms in total. The van der Waals surface area contributed by atoms with E-state index in [2.05, 4.69) is 5.10 Å². The third-order valence-corrected chi connectivity index (χ3v) is 1.63. The summed E-state index contributed by atoms with van der Waals surface area (Å²) in [5.74, 6) is 0. The summed E-state index contributed by atoms with van der Waals surface area (Å²) in [6.07, 6.45) is 4.92. The SMILES string of the molecule is [O-]N1C=CC=c2ccccc2=N1. The number of hydrogen-bond acceptors (Lipinski definition) is 3. The molecule has 2 rings (SSSR count). The quantitative estimate of drug-likeness (QED) is 0.547. The van der Waals surface area contributed by atoms with Crippen LogP contribution in [0.15, 0.2) is 41.6 Å². The highest BCUT2D eigenvalue weighted by Gasteiger charge is 1.87. The molecule has 12 heavy (non-hydrogen) atoms. The predicted octanol–water partition coefficient (Wildman–Crippen LogP) is 0.329. The van der Waals surface area contributed by atoms with Crippen molar-refractivity contribution in [1.82, 2.24) is 5.17 Å². The normalized spacial score (nSPS) is 14.2. The van der Waals surface area contributed by atoms with E-state index in [1.807, 2.05) is 30.3 Å². The minimum atomic E-state index is 0.558. The molecule has 0 atom stereocenters. The van der Waals surface area contributed by atoms with Crippen molar-refractivity contribution in [1.29, 1.82) is 0 Å². The molecule has 0 N–H and O–H groups in total. The molecule has 1 heterocycles. The number of hydrogen-bond donors (Lipinski definition) is 0. The summed E-state index contributed by atoms with van der Waals surface area (Å²) >= 11 is 0. The summed E-state index contributed by atoms with van der Waals surface area (Å²) in [6.45, 7) is 0. The number of nitrogens with zero attached hydrogens (tertiary/aromatic N) is 2. The van der Waals surface area contributed by atoms with Crippen LogP contribution in [-0.2, 0) is 0 Å². The van der Waals surface area contributed by atoms with Crippen molar-refractivity contribution in [3.05, 3.63) is 52.3 Å². The lowest BCUT2D eigenvalue weighted by atomic mass is 10.3. The van der Waals surface area contributed by atoms with Crippen LogP contribution < -0.4 is 10.6 Å². The van der Waals surface area contributed by atoms with Crippen LogP contribution in [0, 0.1) is 5.21 Å². The summed E-state index contributed by atoms with van der Waals surface area (Å²) < 4.78 is 0. The molecule has 1 aromatic rings. The third kappa shape index (κ3) is 1.22. The molecule has 0 aliphatic carbocycles. The average Bonchev–Trinajstić information content (AvgIpc) is 2.25. The second kappa shape index (κ2) is 2.79. The predicted molar refractivity (Wildman–Crippen MR) is 46.0 cm³/mol. The van der Waals surface area contributed by atoms with Gasteiger partial charge in [0, 0.05) is 11.4 Å². The van der Waals surface area contributed by atoms with Crippen molar-refractivity contribution in [3.8, 4) is 0 Å². The fourth-order valence-electron chi connectivity index (χ4n) is 1.08. The van der Waals surface area contributed by atoms with Crippen molar-refractivity contribution in [2.45, 2.75) is 0 Å². The Hall–Kier alpha value is -1.61. The highest BCUT2D eigenvalue weighted by molar-refractivity contribution is 5.36. The Balaban J connectivity index is 2.75. The number of fused-ring (bicyclic) bond motifs is 1. The maximum absolute atomic E-state index is 10.9. The molecular weight excluding hydrogens is 152 g/mol. The summed E-state index contributed by atoms with van der Waals surface area (Å²) in [6, 6.07) is 7.50. The van der Waals surface area contributed by atoms with Crippen LogP contribution in [-0.4, -0.2) is 5.17 Å². The van der Waals surface area contributed by atoms with Crippen molar-refractivity contribution < 1.29 is 0 Å². The maximum atomic E-state index is 10.9. The van der Waals surface area contributed by atoms with Crippen LogP contribution in [0.1, 0.15) is 0 Å². The molecule has 60 valence electrons. The molecule has 0 bridgehead atoms. The van der Waals surface area contributed by atoms with Gasteiger partial charge < -0.3 is 10.4 Å². The van der Waals surface area contributed by atoms with Gasteiger partial charge in [0.1, 0.15) is 0 Å². The van der Waals surface area contributed by atoms with Gasteiger partial charge >= 0.3 is 0 Å². The van der Waals surface area contributed by atoms with E-state index >= 15 is 0 Å². The van der Waals surface area contributed by atoms with E-state index in [4.69, 9.17) is 0 Å². The number of hydroxylamine groups is 1. The monoisotopic (exact) mass is 159 g/mol. The van der Waals surface area contributed by atoms with Crippen LogP contribution in [0.4, 0.5) is 0 Å².